The van der Waals surface area contributed by atoms with Gasteiger partial charge >= 0.3 is 0 Å². The normalized spacial score (nSPS) is 16.2. The van der Waals surface area contributed by atoms with Gasteiger partial charge in [0.1, 0.15) is 0 Å². The van der Waals surface area contributed by atoms with Crippen molar-refractivity contribution in [2.75, 3.05) is 5.32 Å². The fraction of sp³-hybridized carbons (Fsp3) is 0.0909. The molecular formula is C22H19N3S. The van der Waals surface area contributed by atoms with E-state index >= 15 is 0 Å². The van der Waals surface area contributed by atoms with Gasteiger partial charge in [0, 0.05) is 12.1 Å². The monoisotopic (exact) mass is 357 g/mol. The zero-order valence-corrected chi connectivity index (χ0v) is 15.1. The number of nitrogens with one attached hydrogen (secondary N) is 1. The smallest absolute Gasteiger partial charge is 0.194 e. The quantitative estimate of drug-likeness (QED) is 0.650. The van der Waals surface area contributed by atoms with Crippen LogP contribution in [0.25, 0.3) is 0 Å². The van der Waals surface area contributed by atoms with Gasteiger partial charge in [-0.2, -0.15) is 5.10 Å². The molecule has 26 heavy (non-hydrogen) atoms. The lowest BCUT2D eigenvalue weighted by molar-refractivity contribution is 0.375. The molecule has 0 amide bonds. The molecule has 128 valence electrons. The second-order valence-corrected chi connectivity index (χ2v) is 6.57. The van der Waals surface area contributed by atoms with Crippen LogP contribution in [0.3, 0.4) is 0 Å². The average molecular weight is 357 g/mol. The summed E-state index contributed by atoms with van der Waals surface area (Å²) in [7, 11) is 0. The second kappa shape index (κ2) is 7.50. The van der Waals surface area contributed by atoms with Gasteiger partial charge in [-0.25, -0.2) is 5.01 Å². The van der Waals surface area contributed by atoms with Crippen LogP contribution >= 0.6 is 12.2 Å². The van der Waals surface area contributed by atoms with Crippen molar-refractivity contribution in [3.05, 3.63) is 102 Å². The molecule has 0 bridgehead atoms. The maximum atomic E-state index is 5.68. The number of hydrogen-bond donors (Lipinski definition) is 1. The minimum absolute atomic E-state index is 0.0927. The molecule has 0 aliphatic carbocycles. The van der Waals surface area contributed by atoms with E-state index in [2.05, 4.69) is 41.7 Å². The van der Waals surface area contributed by atoms with E-state index in [1.54, 1.807) is 0 Å². The second-order valence-electron chi connectivity index (χ2n) is 6.18. The van der Waals surface area contributed by atoms with Gasteiger partial charge in [0.25, 0.3) is 0 Å². The number of para-hydroxylation sites is 1. The number of hydrazone groups is 1. The predicted octanol–water partition coefficient (Wildman–Crippen LogP) is 5.23. The van der Waals surface area contributed by atoms with Gasteiger partial charge in [-0.1, -0.05) is 78.9 Å². The number of hydrogen-bond acceptors (Lipinski definition) is 2. The minimum Gasteiger partial charge on any atom is -0.331 e. The van der Waals surface area contributed by atoms with Crippen molar-refractivity contribution in [1.82, 2.24) is 5.01 Å². The van der Waals surface area contributed by atoms with E-state index in [1.165, 1.54) is 5.56 Å². The summed E-state index contributed by atoms with van der Waals surface area (Å²) in [5.41, 5.74) is 4.36. The number of thiocarbonyl (C=S) groups is 1. The summed E-state index contributed by atoms with van der Waals surface area (Å²) in [6, 6.07) is 30.8. The first-order chi connectivity index (χ1) is 12.8. The Labute approximate surface area is 159 Å². The maximum Gasteiger partial charge on any atom is 0.194 e. The number of nitrogens with zero attached hydrogens (tertiary/aromatic N) is 2. The van der Waals surface area contributed by atoms with E-state index in [-0.39, 0.29) is 6.04 Å². The van der Waals surface area contributed by atoms with Crippen LogP contribution in [0.15, 0.2) is 96.1 Å². The summed E-state index contributed by atoms with van der Waals surface area (Å²) < 4.78 is 0. The fourth-order valence-corrected chi connectivity index (χ4v) is 3.43. The molecule has 0 fully saturated rings. The maximum absolute atomic E-state index is 5.68. The van der Waals surface area contributed by atoms with Crippen LogP contribution in [0, 0.1) is 0 Å². The molecule has 1 atom stereocenters. The minimum atomic E-state index is 0.0927. The highest BCUT2D eigenvalue weighted by atomic mass is 32.1. The van der Waals surface area contributed by atoms with Gasteiger partial charge in [-0.3, -0.25) is 0 Å². The topological polar surface area (TPSA) is 27.6 Å². The Hall–Kier alpha value is -2.98. The lowest BCUT2D eigenvalue weighted by atomic mass is 9.99. The zero-order chi connectivity index (χ0) is 17.8. The summed E-state index contributed by atoms with van der Waals surface area (Å²) >= 11 is 5.68. The standard InChI is InChI=1S/C22H19N3S/c26-22(23-19-14-8-3-9-15-19)25-21(18-12-6-2-7-13-18)16-20(24-25)17-10-4-1-5-11-17/h1-15,21H,16H2,(H,23,26). The molecule has 0 saturated heterocycles. The van der Waals surface area contributed by atoms with Crippen LogP contribution in [0.2, 0.25) is 0 Å². The molecule has 0 aromatic heterocycles. The van der Waals surface area contributed by atoms with Crippen LogP contribution in [0.4, 0.5) is 5.69 Å². The third kappa shape index (κ3) is 3.51. The van der Waals surface area contributed by atoms with Crippen molar-refractivity contribution in [1.29, 1.82) is 0 Å². The van der Waals surface area contributed by atoms with Gasteiger partial charge in [-0.05, 0) is 35.5 Å². The Morgan fingerprint density at radius 3 is 2.08 bits per heavy atom. The van der Waals surface area contributed by atoms with Crippen LogP contribution in [0.1, 0.15) is 23.6 Å². The summed E-state index contributed by atoms with van der Waals surface area (Å²) in [6.45, 7) is 0. The summed E-state index contributed by atoms with van der Waals surface area (Å²) in [4.78, 5) is 0. The van der Waals surface area contributed by atoms with Crippen LogP contribution < -0.4 is 5.32 Å². The Morgan fingerprint density at radius 1 is 0.846 bits per heavy atom. The van der Waals surface area contributed by atoms with Crippen LogP contribution in [0.5, 0.6) is 0 Å². The zero-order valence-electron chi connectivity index (χ0n) is 14.2. The van der Waals surface area contributed by atoms with E-state index in [0.29, 0.717) is 5.11 Å². The van der Waals surface area contributed by atoms with Gasteiger partial charge in [0.2, 0.25) is 0 Å². The van der Waals surface area contributed by atoms with E-state index in [0.717, 1.165) is 23.4 Å². The van der Waals surface area contributed by atoms with E-state index in [1.807, 2.05) is 59.6 Å². The molecule has 1 aliphatic heterocycles. The Morgan fingerprint density at radius 2 is 1.42 bits per heavy atom. The Balaban J connectivity index is 1.65. The molecule has 4 rings (SSSR count). The molecule has 1 heterocycles. The Kier molecular flexibility index (Phi) is 4.75. The fourth-order valence-electron chi connectivity index (χ4n) is 3.14. The van der Waals surface area contributed by atoms with Crippen molar-refractivity contribution in [2.45, 2.75) is 12.5 Å². The highest BCUT2D eigenvalue weighted by Crippen LogP contribution is 2.33. The first-order valence-electron chi connectivity index (χ1n) is 8.64. The number of anilines is 1. The molecule has 0 radical (unpaired) electrons. The number of benzene rings is 3. The lowest BCUT2D eigenvalue weighted by Crippen LogP contribution is -2.31. The third-order valence-electron chi connectivity index (χ3n) is 4.43. The van der Waals surface area contributed by atoms with Crippen molar-refractivity contribution in [3.63, 3.8) is 0 Å². The van der Waals surface area contributed by atoms with E-state index in [9.17, 15) is 0 Å². The van der Waals surface area contributed by atoms with Gasteiger partial charge in [0.15, 0.2) is 5.11 Å². The average Bonchev–Trinajstić information content (AvgIpc) is 3.16. The highest BCUT2D eigenvalue weighted by molar-refractivity contribution is 7.80. The Bertz CT molecular complexity index is 908. The van der Waals surface area contributed by atoms with E-state index in [4.69, 9.17) is 17.3 Å². The van der Waals surface area contributed by atoms with Gasteiger partial charge in [0.05, 0.1) is 11.8 Å². The van der Waals surface area contributed by atoms with Crippen LogP contribution in [-0.4, -0.2) is 15.8 Å². The summed E-state index contributed by atoms with van der Waals surface area (Å²) in [5, 5.41) is 10.7. The van der Waals surface area contributed by atoms with Crippen molar-refractivity contribution >= 4 is 28.7 Å². The molecule has 1 aliphatic rings. The molecule has 1 N–H and O–H groups in total. The van der Waals surface area contributed by atoms with E-state index < -0.39 is 0 Å². The van der Waals surface area contributed by atoms with Crippen molar-refractivity contribution in [3.8, 4) is 0 Å². The highest BCUT2D eigenvalue weighted by Gasteiger charge is 2.31. The SMILES string of the molecule is S=C(Nc1ccccc1)N1N=C(c2ccccc2)CC1c1ccccc1. The van der Waals surface area contributed by atoms with Gasteiger partial charge in [-0.15, -0.1) is 0 Å². The molecular weight excluding hydrogens is 338 g/mol. The molecule has 3 nitrogen and oxygen atoms in total. The van der Waals surface area contributed by atoms with Gasteiger partial charge < -0.3 is 5.32 Å². The number of rotatable bonds is 3. The first-order valence-corrected chi connectivity index (χ1v) is 9.05. The third-order valence-corrected chi connectivity index (χ3v) is 4.72. The molecule has 1 unspecified atom stereocenters. The molecule has 0 spiro atoms. The van der Waals surface area contributed by atoms with Crippen molar-refractivity contribution < 1.29 is 0 Å². The molecule has 3 aromatic carbocycles. The molecule has 0 saturated carbocycles. The van der Waals surface area contributed by atoms with Crippen molar-refractivity contribution in [2.24, 2.45) is 5.10 Å². The summed E-state index contributed by atoms with van der Waals surface area (Å²) in [6.07, 6.45) is 0.824. The predicted molar refractivity (Wildman–Crippen MR) is 111 cm³/mol. The molecule has 4 heteroatoms. The summed E-state index contributed by atoms with van der Waals surface area (Å²) in [5.74, 6) is 0. The first kappa shape index (κ1) is 16.5. The molecule has 3 aromatic rings. The van der Waals surface area contributed by atoms with Crippen LogP contribution in [-0.2, 0) is 0 Å². The largest absolute Gasteiger partial charge is 0.331 e. The lowest BCUT2D eigenvalue weighted by Gasteiger charge is -2.24.